The number of para-hydroxylation sites is 1. The van der Waals surface area contributed by atoms with Gasteiger partial charge in [-0.2, -0.15) is 0 Å². The fraction of sp³-hybridized carbons (Fsp3) is 0.294. The van der Waals surface area contributed by atoms with Gasteiger partial charge < -0.3 is 19.5 Å². The summed E-state index contributed by atoms with van der Waals surface area (Å²) in [6, 6.07) is 16.0. The summed E-state index contributed by atoms with van der Waals surface area (Å²) in [6.45, 7) is 1.13. The van der Waals surface area contributed by atoms with Crippen LogP contribution in [0.5, 0.6) is 17.2 Å². The Labute approximate surface area is 124 Å². The first kappa shape index (κ1) is 13.8. The van der Waals surface area contributed by atoms with Crippen molar-refractivity contribution in [2.45, 2.75) is 12.5 Å². The second-order valence-corrected chi connectivity index (χ2v) is 4.90. The van der Waals surface area contributed by atoms with Gasteiger partial charge in [0.1, 0.15) is 6.10 Å². The van der Waals surface area contributed by atoms with Gasteiger partial charge >= 0.3 is 0 Å². The molecule has 0 saturated carbocycles. The van der Waals surface area contributed by atoms with Crippen LogP contribution in [0, 0.1) is 0 Å². The Kier molecular flexibility index (Phi) is 4.26. The predicted octanol–water partition coefficient (Wildman–Crippen LogP) is 3.14. The van der Waals surface area contributed by atoms with E-state index < -0.39 is 0 Å². The number of fused-ring (bicyclic) bond motifs is 1. The number of hydrogen-bond donors (Lipinski definition) is 1. The molecule has 0 spiro atoms. The molecule has 1 unspecified atom stereocenters. The minimum Gasteiger partial charge on any atom is -0.482 e. The van der Waals surface area contributed by atoms with E-state index in [-0.39, 0.29) is 12.9 Å². The molecule has 21 heavy (non-hydrogen) atoms. The first-order valence-corrected chi connectivity index (χ1v) is 7.13. The van der Waals surface area contributed by atoms with Gasteiger partial charge in [-0.05, 0) is 31.3 Å². The number of nitrogens with one attached hydrogen (secondary N) is 1. The molecule has 0 fully saturated rings. The zero-order chi connectivity index (χ0) is 14.5. The topological polar surface area (TPSA) is 39.7 Å². The van der Waals surface area contributed by atoms with E-state index in [4.69, 9.17) is 14.2 Å². The second-order valence-electron chi connectivity index (χ2n) is 4.90. The molecule has 4 heteroatoms. The number of rotatable bonds is 6. The first-order chi connectivity index (χ1) is 10.4. The molecular weight excluding hydrogens is 266 g/mol. The molecule has 2 aromatic rings. The molecule has 0 amide bonds. The van der Waals surface area contributed by atoms with Gasteiger partial charge in [0.25, 0.3) is 0 Å². The van der Waals surface area contributed by atoms with Crippen molar-refractivity contribution in [3.63, 3.8) is 0 Å². The maximum Gasteiger partial charge on any atom is 0.231 e. The summed E-state index contributed by atoms with van der Waals surface area (Å²) < 4.78 is 17.1. The number of benzene rings is 2. The normalized spacial score (nSPS) is 14.0. The summed E-state index contributed by atoms with van der Waals surface area (Å²) in [4.78, 5) is 0. The summed E-state index contributed by atoms with van der Waals surface area (Å²) in [7, 11) is 1.94. The largest absolute Gasteiger partial charge is 0.482 e. The lowest BCUT2D eigenvalue weighted by Crippen LogP contribution is -2.16. The Morgan fingerprint density at radius 3 is 2.76 bits per heavy atom. The van der Waals surface area contributed by atoms with E-state index in [1.54, 1.807) is 0 Å². The van der Waals surface area contributed by atoms with Crippen molar-refractivity contribution >= 4 is 0 Å². The minimum absolute atomic E-state index is 0.0191. The minimum atomic E-state index is -0.0191. The summed E-state index contributed by atoms with van der Waals surface area (Å²) in [5.41, 5.74) is 1.16. The SMILES string of the molecule is CNCCC(Oc1cccc2c1OCO2)c1ccccc1. The van der Waals surface area contributed by atoms with E-state index in [0.717, 1.165) is 30.0 Å². The lowest BCUT2D eigenvalue weighted by Gasteiger charge is -2.20. The van der Waals surface area contributed by atoms with Gasteiger partial charge in [0, 0.05) is 6.42 Å². The Bertz CT molecular complexity index is 586. The Morgan fingerprint density at radius 2 is 1.95 bits per heavy atom. The van der Waals surface area contributed by atoms with Crippen LogP contribution in [-0.2, 0) is 0 Å². The van der Waals surface area contributed by atoms with Crippen LogP contribution in [0.4, 0.5) is 0 Å². The van der Waals surface area contributed by atoms with E-state index in [1.807, 2.05) is 43.4 Å². The summed E-state index contributed by atoms with van der Waals surface area (Å²) in [5.74, 6) is 2.17. The molecule has 0 saturated heterocycles. The number of hydrogen-bond acceptors (Lipinski definition) is 4. The fourth-order valence-electron chi connectivity index (χ4n) is 2.39. The van der Waals surface area contributed by atoms with Gasteiger partial charge in [-0.3, -0.25) is 0 Å². The van der Waals surface area contributed by atoms with E-state index >= 15 is 0 Å². The molecule has 110 valence electrons. The van der Waals surface area contributed by atoms with E-state index in [1.165, 1.54) is 0 Å². The van der Waals surface area contributed by atoms with Gasteiger partial charge in [0.05, 0.1) is 0 Å². The molecule has 1 atom stereocenters. The molecule has 1 aliphatic rings. The molecule has 0 aromatic heterocycles. The standard InChI is InChI=1S/C17H19NO3/c1-18-11-10-14(13-6-3-2-4-7-13)21-16-9-5-8-15-17(16)20-12-19-15/h2-9,14,18H,10-12H2,1H3. The third kappa shape index (κ3) is 3.11. The quantitative estimate of drug-likeness (QED) is 0.885. The molecule has 2 aromatic carbocycles. The van der Waals surface area contributed by atoms with Crippen molar-refractivity contribution in [1.82, 2.24) is 5.32 Å². The Morgan fingerprint density at radius 1 is 1.10 bits per heavy atom. The van der Waals surface area contributed by atoms with E-state index in [2.05, 4.69) is 17.4 Å². The van der Waals surface area contributed by atoms with Crippen LogP contribution in [-0.4, -0.2) is 20.4 Å². The zero-order valence-corrected chi connectivity index (χ0v) is 12.0. The average Bonchev–Trinajstić information content (AvgIpc) is 3.01. The molecule has 0 bridgehead atoms. The predicted molar refractivity (Wildman–Crippen MR) is 80.9 cm³/mol. The smallest absolute Gasteiger partial charge is 0.231 e. The average molecular weight is 285 g/mol. The van der Waals surface area contributed by atoms with Crippen LogP contribution in [0.2, 0.25) is 0 Å². The van der Waals surface area contributed by atoms with Crippen molar-refractivity contribution in [2.24, 2.45) is 0 Å². The first-order valence-electron chi connectivity index (χ1n) is 7.13. The van der Waals surface area contributed by atoms with Gasteiger partial charge in [0.2, 0.25) is 12.5 Å². The van der Waals surface area contributed by atoms with Gasteiger partial charge in [0.15, 0.2) is 11.5 Å². The zero-order valence-electron chi connectivity index (χ0n) is 12.0. The lowest BCUT2D eigenvalue weighted by molar-refractivity contribution is 0.158. The van der Waals surface area contributed by atoms with Crippen molar-refractivity contribution in [3.05, 3.63) is 54.1 Å². The fourth-order valence-corrected chi connectivity index (χ4v) is 2.39. The van der Waals surface area contributed by atoms with Gasteiger partial charge in [-0.1, -0.05) is 36.4 Å². The monoisotopic (exact) mass is 285 g/mol. The van der Waals surface area contributed by atoms with Crippen LogP contribution in [0.15, 0.2) is 48.5 Å². The highest BCUT2D eigenvalue weighted by molar-refractivity contribution is 5.52. The van der Waals surface area contributed by atoms with Gasteiger partial charge in [-0.15, -0.1) is 0 Å². The molecule has 1 N–H and O–H groups in total. The second kappa shape index (κ2) is 6.50. The molecule has 0 radical (unpaired) electrons. The molecule has 4 nitrogen and oxygen atoms in total. The van der Waals surface area contributed by atoms with Crippen LogP contribution in [0.1, 0.15) is 18.1 Å². The van der Waals surface area contributed by atoms with E-state index in [0.29, 0.717) is 5.75 Å². The van der Waals surface area contributed by atoms with Gasteiger partial charge in [-0.25, -0.2) is 0 Å². The van der Waals surface area contributed by atoms with Crippen molar-refractivity contribution in [2.75, 3.05) is 20.4 Å². The highest BCUT2D eigenvalue weighted by atomic mass is 16.7. The van der Waals surface area contributed by atoms with Crippen molar-refractivity contribution < 1.29 is 14.2 Å². The maximum atomic E-state index is 6.20. The molecular formula is C17H19NO3. The maximum absolute atomic E-state index is 6.20. The Hall–Kier alpha value is -2.20. The molecule has 3 rings (SSSR count). The summed E-state index contributed by atoms with van der Waals surface area (Å²) in [6.07, 6.45) is 0.861. The highest BCUT2D eigenvalue weighted by Gasteiger charge is 2.21. The third-order valence-electron chi connectivity index (χ3n) is 3.46. The highest BCUT2D eigenvalue weighted by Crippen LogP contribution is 2.42. The number of ether oxygens (including phenoxy) is 3. The summed E-state index contributed by atoms with van der Waals surface area (Å²) in [5, 5.41) is 3.17. The third-order valence-corrected chi connectivity index (χ3v) is 3.46. The van der Waals surface area contributed by atoms with Crippen molar-refractivity contribution in [1.29, 1.82) is 0 Å². The molecule has 1 aliphatic heterocycles. The molecule has 1 heterocycles. The summed E-state index contributed by atoms with van der Waals surface area (Å²) >= 11 is 0. The van der Waals surface area contributed by atoms with Crippen molar-refractivity contribution in [3.8, 4) is 17.2 Å². The Balaban J connectivity index is 1.83. The van der Waals surface area contributed by atoms with Crippen LogP contribution >= 0.6 is 0 Å². The van der Waals surface area contributed by atoms with Crippen LogP contribution in [0.25, 0.3) is 0 Å². The van der Waals surface area contributed by atoms with E-state index in [9.17, 15) is 0 Å². The van der Waals surface area contributed by atoms with Crippen LogP contribution in [0.3, 0.4) is 0 Å². The molecule has 0 aliphatic carbocycles. The van der Waals surface area contributed by atoms with Crippen LogP contribution < -0.4 is 19.5 Å². The lowest BCUT2D eigenvalue weighted by atomic mass is 10.1.